The van der Waals surface area contributed by atoms with Crippen LogP contribution in [-0.4, -0.2) is 23.7 Å². The molecule has 0 saturated heterocycles. The van der Waals surface area contributed by atoms with Crippen LogP contribution in [-0.2, 0) is 6.54 Å². The highest BCUT2D eigenvalue weighted by atomic mass is 16.5. The Balaban J connectivity index is 1.97. The molecule has 0 fully saturated rings. The van der Waals surface area contributed by atoms with Crippen molar-refractivity contribution in [1.82, 2.24) is 0 Å². The van der Waals surface area contributed by atoms with Crippen LogP contribution < -0.4 is 9.64 Å². The molecule has 1 atom stereocenters. The van der Waals surface area contributed by atoms with Crippen molar-refractivity contribution in [3.05, 3.63) is 59.7 Å². The Morgan fingerprint density at radius 2 is 2.05 bits per heavy atom. The molecule has 0 saturated carbocycles. The number of hydrogen-bond donors (Lipinski definition) is 1. The fraction of sp³-hybridized carbons (Fsp3) is 0.235. The van der Waals surface area contributed by atoms with Gasteiger partial charge in [0, 0.05) is 6.54 Å². The van der Waals surface area contributed by atoms with Crippen molar-refractivity contribution in [2.24, 2.45) is 0 Å². The fourth-order valence-electron chi connectivity index (χ4n) is 2.56. The van der Waals surface area contributed by atoms with Gasteiger partial charge in [-0.3, -0.25) is 0 Å². The van der Waals surface area contributed by atoms with E-state index in [-0.39, 0.29) is 11.6 Å². The number of aromatic carboxylic acids is 1. The number of nitrogens with zero attached hydrogens (tertiary/aromatic N) is 1. The van der Waals surface area contributed by atoms with Crippen molar-refractivity contribution in [2.75, 3.05) is 11.5 Å². The van der Waals surface area contributed by atoms with Crippen LogP contribution in [0.5, 0.6) is 5.75 Å². The van der Waals surface area contributed by atoms with Gasteiger partial charge in [-0.05, 0) is 30.7 Å². The number of carboxylic acid groups (broad SMARTS) is 1. The smallest absolute Gasteiger partial charge is 0.335 e. The predicted octanol–water partition coefficient (Wildman–Crippen LogP) is 3.17. The van der Waals surface area contributed by atoms with Crippen molar-refractivity contribution >= 4 is 11.7 Å². The van der Waals surface area contributed by atoms with Crippen LogP contribution in [0.15, 0.2) is 48.5 Å². The van der Waals surface area contributed by atoms with Crippen LogP contribution in [0.1, 0.15) is 22.8 Å². The minimum Gasteiger partial charge on any atom is -0.489 e. The van der Waals surface area contributed by atoms with Crippen molar-refractivity contribution in [2.45, 2.75) is 19.5 Å². The average molecular weight is 283 g/mol. The first kappa shape index (κ1) is 13.5. The molecular formula is C17H17NO3. The van der Waals surface area contributed by atoms with Gasteiger partial charge in [0.15, 0.2) is 0 Å². The Bertz CT molecular complexity index is 654. The van der Waals surface area contributed by atoms with E-state index in [1.807, 2.05) is 18.2 Å². The predicted molar refractivity (Wildman–Crippen MR) is 81.0 cm³/mol. The molecule has 0 aromatic heterocycles. The van der Waals surface area contributed by atoms with Crippen molar-refractivity contribution < 1.29 is 14.6 Å². The molecule has 1 aliphatic rings. The molecule has 21 heavy (non-hydrogen) atoms. The Kier molecular flexibility index (Phi) is 3.52. The second-order valence-corrected chi connectivity index (χ2v) is 5.26. The maximum Gasteiger partial charge on any atom is 0.335 e. The van der Waals surface area contributed by atoms with Gasteiger partial charge in [0.05, 0.1) is 17.3 Å². The Morgan fingerprint density at radius 3 is 2.76 bits per heavy atom. The van der Waals surface area contributed by atoms with Crippen LogP contribution in [0.4, 0.5) is 5.69 Å². The van der Waals surface area contributed by atoms with E-state index in [4.69, 9.17) is 9.84 Å². The monoisotopic (exact) mass is 283 g/mol. The molecule has 4 nitrogen and oxygen atoms in total. The maximum absolute atomic E-state index is 11.2. The van der Waals surface area contributed by atoms with E-state index in [0.29, 0.717) is 6.61 Å². The van der Waals surface area contributed by atoms with Crippen molar-refractivity contribution in [3.8, 4) is 5.75 Å². The number of carboxylic acids is 1. The number of hydrogen-bond acceptors (Lipinski definition) is 3. The first-order valence-corrected chi connectivity index (χ1v) is 6.96. The summed E-state index contributed by atoms with van der Waals surface area (Å²) in [5.74, 6) is -0.176. The summed E-state index contributed by atoms with van der Waals surface area (Å²) in [4.78, 5) is 13.4. The standard InChI is InChI=1S/C17H17NO3/c1-12-11-21-16-8-7-14(17(19)20)9-15(16)18(12)10-13-5-3-2-4-6-13/h2-9,12H,10-11H2,1H3,(H,19,20)/t12-/m1/s1. The van der Waals surface area contributed by atoms with Gasteiger partial charge in [-0.2, -0.15) is 0 Å². The normalized spacial score (nSPS) is 17.0. The number of fused-ring (bicyclic) bond motifs is 1. The van der Waals surface area contributed by atoms with Crippen LogP contribution in [0, 0.1) is 0 Å². The lowest BCUT2D eigenvalue weighted by Gasteiger charge is -2.37. The summed E-state index contributed by atoms with van der Waals surface area (Å²) >= 11 is 0. The lowest BCUT2D eigenvalue weighted by molar-refractivity contribution is 0.0697. The Hall–Kier alpha value is -2.49. The minimum absolute atomic E-state index is 0.196. The van der Waals surface area contributed by atoms with Crippen LogP contribution in [0.2, 0.25) is 0 Å². The van der Waals surface area contributed by atoms with E-state index in [1.54, 1.807) is 18.2 Å². The molecule has 4 heteroatoms. The largest absolute Gasteiger partial charge is 0.489 e. The molecule has 0 spiro atoms. The summed E-state index contributed by atoms with van der Waals surface area (Å²) in [5, 5.41) is 9.17. The van der Waals surface area contributed by atoms with E-state index in [2.05, 4.69) is 24.0 Å². The van der Waals surface area contributed by atoms with Crippen LogP contribution in [0.25, 0.3) is 0 Å². The lowest BCUT2D eigenvalue weighted by atomic mass is 10.1. The molecule has 0 radical (unpaired) electrons. The Morgan fingerprint density at radius 1 is 1.29 bits per heavy atom. The summed E-state index contributed by atoms with van der Waals surface area (Å²) in [6, 6.07) is 15.4. The molecular weight excluding hydrogens is 266 g/mol. The fourth-order valence-corrected chi connectivity index (χ4v) is 2.56. The van der Waals surface area contributed by atoms with Gasteiger partial charge in [0.25, 0.3) is 0 Å². The average Bonchev–Trinajstić information content (AvgIpc) is 2.50. The molecule has 0 bridgehead atoms. The van der Waals surface area contributed by atoms with Crippen molar-refractivity contribution in [3.63, 3.8) is 0 Å². The van der Waals surface area contributed by atoms with Gasteiger partial charge in [0.2, 0.25) is 0 Å². The summed E-state index contributed by atoms with van der Waals surface area (Å²) in [5.41, 5.74) is 2.32. The van der Waals surface area contributed by atoms with Gasteiger partial charge >= 0.3 is 5.97 Å². The molecule has 0 unspecified atom stereocenters. The van der Waals surface area contributed by atoms with E-state index < -0.39 is 5.97 Å². The SMILES string of the molecule is C[C@@H]1COc2ccc(C(=O)O)cc2N1Cc1ccccc1. The third-order valence-corrected chi connectivity index (χ3v) is 3.72. The summed E-state index contributed by atoms with van der Waals surface area (Å²) < 4.78 is 5.70. The highest BCUT2D eigenvalue weighted by molar-refractivity contribution is 5.89. The van der Waals surface area contributed by atoms with E-state index in [1.165, 1.54) is 5.56 Å². The molecule has 1 N–H and O–H groups in total. The maximum atomic E-state index is 11.2. The van der Waals surface area contributed by atoms with Gasteiger partial charge in [-0.15, -0.1) is 0 Å². The minimum atomic E-state index is -0.921. The zero-order chi connectivity index (χ0) is 14.8. The molecule has 3 rings (SSSR count). The van der Waals surface area contributed by atoms with E-state index in [0.717, 1.165) is 18.0 Å². The number of ether oxygens (including phenoxy) is 1. The number of benzene rings is 2. The van der Waals surface area contributed by atoms with Gasteiger partial charge in [-0.25, -0.2) is 4.79 Å². The number of carbonyl (C=O) groups is 1. The molecule has 1 heterocycles. The Labute approximate surface area is 123 Å². The molecule has 0 amide bonds. The zero-order valence-electron chi connectivity index (χ0n) is 11.8. The molecule has 2 aromatic carbocycles. The molecule has 2 aromatic rings. The summed E-state index contributed by atoms with van der Waals surface area (Å²) in [7, 11) is 0. The number of anilines is 1. The summed E-state index contributed by atoms with van der Waals surface area (Å²) in [6.45, 7) is 3.42. The molecule has 0 aliphatic carbocycles. The van der Waals surface area contributed by atoms with Gasteiger partial charge in [-0.1, -0.05) is 30.3 Å². The first-order chi connectivity index (χ1) is 10.1. The summed E-state index contributed by atoms with van der Waals surface area (Å²) in [6.07, 6.45) is 0. The topological polar surface area (TPSA) is 49.8 Å². The van der Waals surface area contributed by atoms with Crippen molar-refractivity contribution in [1.29, 1.82) is 0 Å². The lowest BCUT2D eigenvalue weighted by Crippen LogP contribution is -2.40. The molecule has 1 aliphatic heterocycles. The van der Waals surface area contributed by atoms with E-state index >= 15 is 0 Å². The second kappa shape index (κ2) is 5.48. The van der Waals surface area contributed by atoms with Gasteiger partial charge < -0.3 is 14.7 Å². The third kappa shape index (κ3) is 2.70. The highest BCUT2D eigenvalue weighted by Gasteiger charge is 2.25. The quantitative estimate of drug-likeness (QED) is 0.940. The zero-order valence-corrected chi connectivity index (χ0v) is 11.8. The first-order valence-electron chi connectivity index (χ1n) is 6.96. The van der Waals surface area contributed by atoms with Gasteiger partial charge in [0.1, 0.15) is 12.4 Å². The molecule has 108 valence electrons. The van der Waals surface area contributed by atoms with Crippen LogP contribution in [0.3, 0.4) is 0 Å². The van der Waals surface area contributed by atoms with E-state index in [9.17, 15) is 4.79 Å². The highest BCUT2D eigenvalue weighted by Crippen LogP contribution is 2.35. The number of rotatable bonds is 3. The van der Waals surface area contributed by atoms with Crippen LogP contribution >= 0.6 is 0 Å². The third-order valence-electron chi connectivity index (χ3n) is 3.72. The second-order valence-electron chi connectivity index (χ2n) is 5.26.